The molecule has 0 saturated heterocycles. The Balaban J connectivity index is 0.000000385. The molecule has 16 heavy (non-hydrogen) atoms. The fraction of sp³-hybridized carbons (Fsp3) is 0.143. The number of nitrogen functional groups attached to an aromatic ring is 1. The first-order valence-corrected chi connectivity index (χ1v) is 5.80. The van der Waals surface area contributed by atoms with Crippen molar-refractivity contribution >= 4 is 25.1 Å². The predicted octanol–water partition coefficient (Wildman–Crippen LogP) is 0.706. The van der Waals surface area contributed by atoms with E-state index in [1.165, 1.54) is 0 Å². The minimum absolute atomic E-state index is 0.577. The minimum atomic E-state index is -4.64. The van der Waals surface area contributed by atoms with Crippen molar-refractivity contribution in [2.24, 2.45) is 5.84 Å². The Morgan fingerprint density at radius 1 is 1.44 bits per heavy atom. The second kappa shape index (κ2) is 6.70. The summed E-state index contributed by atoms with van der Waals surface area (Å²) in [6.45, 7) is 0. The Labute approximate surface area is 97.0 Å². The van der Waals surface area contributed by atoms with Gasteiger partial charge in [0.2, 0.25) is 0 Å². The summed E-state index contributed by atoms with van der Waals surface area (Å²) in [6.07, 6.45) is 0. The molecule has 92 valence electrons. The van der Waals surface area contributed by atoms with Gasteiger partial charge in [-0.15, -0.1) is 0 Å². The fourth-order valence-electron chi connectivity index (χ4n) is 0.742. The molecule has 0 radical (unpaired) electrons. The normalized spacial score (nSPS) is 10.1. The van der Waals surface area contributed by atoms with E-state index in [9.17, 15) is 0 Å². The molecule has 0 aliphatic carbocycles. The van der Waals surface area contributed by atoms with E-state index >= 15 is 0 Å². The monoisotopic (exact) mass is 270 g/mol. The van der Waals surface area contributed by atoms with Crippen LogP contribution >= 0.6 is 19.4 Å². The number of benzene rings is 1. The molecule has 0 bridgehead atoms. The number of ether oxygens (including phenoxy) is 1. The summed E-state index contributed by atoms with van der Waals surface area (Å²) in [5.74, 6) is 5.91. The fourth-order valence-corrected chi connectivity index (χ4v) is 0.914. The first-order valence-electron chi connectivity index (χ1n) is 3.86. The van der Waals surface area contributed by atoms with E-state index in [0.29, 0.717) is 10.7 Å². The van der Waals surface area contributed by atoms with Gasteiger partial charge >= 0.3 is 7.82 Å². The molecule has 0 aliphatic rings. The van der Waals surface area contributed by atoms with Crippen LogP contribution in [0, 0.1) is 0 Å². The van der Waals surface area contributed by atoms with Crippen LogP contribution in [-0.2, 0) is 4.57 Å². The number of hydrazine groups is 1. The number of halogens is 1. The van der Waals surface area contributed by atoms with Crippen LogP contribution in [0.15, 0.2) is 18.2 Å². The number of anilines is 1. The lowest BCUT2D eigenvalue weighted by Gasteiger charge is -2.04. The predicted molar refractivity (Wildman–Crippen MR) is 60.1 cm³/mol. The van der Waals surface area contributed by atoms with Gasteiger partial charge in [-0.3, -0.25) is 5.84 Å². The van der Waals surface area contributed by atoms with Crippen molar-refractivity contribution < 1.29 is 24.0 Å². The molecule has 0 fully saturated rings. The van der Waals surface area contributed by atoms with Crippen molar-refractivity contribution in [3.63, 3.8) is 0 Å². The number of nitrogens with two attached hydrogens (primary N) is 1. The highest BCUT2D eigenvalue weighted by Crippen LogP contribution is 2.26. The molecule has 1 aromatic rings. The van der Waals surface area contributed by atoms with Crippen molar-refractivity contribution in [1.82, 2.24) is 0 Å². The van der Waals surface area contributed by atoms with Crippen molar-refractivity contribution in [1.29, 1.82) is 0 Å². The van der Waals surface area contributed by atoms with Gasteiger partial charge in [0.25, 0.3) is 0 Å². The Morgan fingerprint density at radius 3 is 2.31 bits per heavy atom. The summed E-state index contributed by atoms with van der Waals surface area (Å²) in [7, 11) is -3.05. The SMILES string of the molecule is COc1ccc(Cl)c(NN)c1.O=P(O)(O)O. The summed E-state index contributed by atoms with van der Waals surface area (Å²) in [5.41, 5.74) is 3.12. The molecule has 0 aliphatic heterocycles. The number of hydrogen-bond donors (Lipinski definition) is 5. The van der Waals surface area contributed by atoms with Gasteiger partial charge in [0.15, 0.2) is 0 Å². The van der Waals surface area contributed by atoms with E-state index in [4.69, 9.17) is 41.4 Å². The van der Waals surface area contributed by atoms with Crippen LogP contribution in [-0.4, -0.2) is 21.8 Å². The summed E-state index contributed by atoms with van der Waals surface area (Å²) in [5, 5.41) is 0.577. The lowest BCUT2D eigenvalue weighted by Crippen LogP contribution is -2.07. The van der Waals surface area contributed by atoms with Crippen LogP contribution in [0.25, 0.3) is 0 Å². The highest BCUT2D eigenvalue weighted by molar-refractivity contribution is 7.45. The molecule has 0 atom stereocenters. The zero-order valence-corrected chi connectivity index (χ0v) is 9.94. The van der Waals surface area contributed by atoms with Gasteiger partial charge in [0.1, 0.15) is 5.75 Å². The highest BCUT2D eigenvalue weighted by atomic mass is 35.5. The molecule has 0 unspecified atom stereocenters. The molecular weight excluding hydrogens is 259 g/mol. The third-order valence-corrected chi connectivity index (χ3v) is 1.66. The van der Waals surface area contributed by atoms with Crippen LogP contribution in [0.2, 0.25) is 5.02 Å². The lowest BCUT2D eigenvalue weighted by molar-refractivity contribution is 0.275. The van der Waals surface area contributed by atoms with Crippen molar-refractivity contribution in [2.45, 2.75) is 0 Å². The second-order valence-electron chi connectivity index (χ2n) is 2.50. The van der Waals surface area contributed by atoms with E-state index < -0.39 is 7.82 Å². The average molecular weight is 271 g/mol. The van der Waals surface area contributed by atoms with E-state index in [2.05, 4.69) is 5.43 Å². The molecule has 0 aromatic heterocycles. The second-order valence-corrected chi connectivity index (χ2v) is 3.94. The van der Waals surface area contributed by atoms with Gasteiger partial charge < -0.3 is 24.8 Å². The van der Waals surface area contributed by atoms with Crippen molar-refractivity contribution in [2.75, 3.05) is 12.5 Å². The molecule has 6 N–H and O–H groups in total. The molecule has 1 aromatic carbocycles. The molecule has 0 spiro atoms. The Bertz CT molecular complexity index is 375. The van der Waals surface area contributed by atoms with E-state index in [1.54, 1.807) is 25.3 Å². The topological polar surface area (TPSA) is 125 Å². The van der Waals surface area contributed by atoms with Crippen LogP contribution < -0.4 is 16.0 Å². The largest absolute Gasteiger partial charge is 0.497 e. The van der Waals surface area contributed by atoms with Crippen LogP contribution in [0.1, 0.15) is 0 Å². The number of phosphoric acid groups is 1. The first kappa shape index (κ1) is 15.2. The van der Waals surface area contributed by atoms with Gasteiger partial charge in [-0.25, -0.2) is 4.57 Å². The molecule has 7 nitrogen and oxygen atoms in total. The quantitative estimate of drug-likeness (QED) is 0.304. The molecular formula is C7H12ClN2O5P. The maximum Gasteiger partial charge on any atom is 0.466 e. The summed E-state index contributed by atoms with van der Waals surface area (Å²) in [4.78, 5) is 21.6. The van der Waals surface area contributed by atoms with Gasteiger partial charge in [-0.1, -0.05) is 11.6 Å². The van der Waals surface area contributed by atoms with Crippen molar-refractivity contribution in [3.05, 3.63) is 23.2 Å². The number of rotatable bonds is 2. The summed E-state index contributed by atoms with van der Waals surface area (Å²) >= 11 is 5.76. The third kappa shape index (κ3) is 7.47. The van der Waals surface area contributed by atoms with Gasteiger partial charge in [0, 0.05) is 6.07 Å². The van der Waals surface area contributed by atoms with Gasteiger partial charge in [0.05, 0.1) is 17.8 Å². The zero-order valence-electron chi connectivity index (χ0n) is 8.29. The Hall–Kier alpha value is -0.820. The molecule has 1 rings (SSSR count). The summed E-state index contributed by atoms with van der Waals surface area (Å²) < 4.78 is 13.8. The van der Waals surface area contributed by atoms with Crippen molar-refractivity contribution in [3.8, 4) is 5.75 Å². The van der Waals surface area contributed by atoms with E-state index in [0.717, 1.165) is 5.75 Å². The van der Waals surface area contributed by atoms with E-state index in [1.807, 2.05) is 0 Å². The minimum Gasteiger partial charge on any atom is -0.497 e. The molecule has 9 heteroatoms. The Kier molecular flexibility index (Phi) is 6.35. The summed E-state index contributed by atoms with van der Waals surface area (Å²) in [6, 6.07) is 5.21. The lowest BCUT2D eigenvalue weighted by atomic mass is 10.3. The van der Waals surface area contributed by atoms with E-state index in [-0.39, 0.29) is 0 Å². The van der Waals surface area contributed by atoms with Crippen LogP contribution in [0.3, 0.4) is 0 Å². The molecule has 0 heterocycles. The third-order valence-electron chi connectivity index (χ3n) is 1.33. The molecule has 0 saturated carbocycles. The molecule has 0 amide bonds. The number of nitrogens with one attached hydrogen (secondary N) is 1. The standard InChI is InChI=1S/C7H9ClN2O.H3O4P/c1-11-5-2-3-6(8)7(4-5)10-9;1-5(2,3)4/h2-4,10H,9H2,1H3;(H3,1,2,3,4). The Morgan fingerprint density at radius 2 is 1.94 bits per heavy atom. The van der Waals surface area contributed by atoms with Crippen LogP contribution in [0.4, 0.5) is 5.69 Å². The first-order chi connectivity index (χ1) is 7.27. The number of hydrogen-bond acceptors (Lipinski definition) is 4. The highest BCUT2D eigenvalue weighted by Gasteiger charge is 2.00. The smallest absolute Gasteiger partial charge is 0.466 e. The average Bonchev–Trinajstić information content (AvgIpc) is 2.16. The maximum absolute atomic E-state index is 8.88. The maximum atomic E-state index is 8.88. The zero-order chi connectivity index (χ0) is 12.8. The number of methoxy groups -OCH3 is 1. The van der Waals surface area contributed by atoms with Crippen LogP contribution in [0.5, 0.6) is 5.75 Å². The van der Waals surface area contributed by atoms with Gasteiger partial charge in [-0.2, -0.15) is 0 Å². The van der Waals surface area contributed by atoms with Gasteiger partial charge in [-0.05, 0) is 12.1 Å².